The topological polar surface area (TPSA) is 72.6 Å². The minimum absolute atomic E-state index is 0.170. The first-order valence-electron chi connectivity index (χ1n) is 9.09. The van der Waals surface area contributed by atoms with Gasteiger partial charge in [0.1, 0.15) is 24.2 Å². The molecule has 0 saturated carbocycles. The van der Waals surface area contributed by atoms with Crippen molar-refractivity contribution >= 4 is 23.6 Å². The molecule has 1 atom stereocenters. The fourth-order valence-corrected chi connectivity index (χ4v) is 3.76. The van der Waals surface area contributed by atoms with Crippen molar-refractivity contribution in [2.24, 2.45) is 5.73 Å². The van der Waals surface area contributed by atoms with Crippen LogP contribution in [-0.2, 0) is 17.8 Å². The number of thioether (sulfide) groups is 1. The number of nitrogens with two attached hydrogens (primary N) is 1. The second-order valence-electron chi connectivity index (χ2n) is 6.68. The van der Waals surface area contributed by atoms with E-state index in [0.29, 0.717) is 37.3 Å². The van der Waals surface area contributed by atoms with Gasteiger partial charge in [0.2, 0.25) is 5.91 Å². The molecule has 0 radical (unpaired) electrons. The molecule has 0 aliphatic carbocycles. The Morgan fingerprint density at radius 2 is 2.04 bits per heavy atom. The van der Waals surface area contributed by atoms with Gasteiger partial charge in [-0.05, 0) is 66.3 Å². The molecule has 7 heteroatoms. The maximum Gasteiger partial charge on any atom is 0.254 e. The standard InChI is InChI=1S/C21H23FN2O3S/c1-28-11-9-19(20(23)25)24-10-8-15-12-17(6-7-18(15)21(24)26)27-13-14-2-4-16(22)5-3-14/h2-7,12,19H,8-11,13H2,1H3,(H2,23,25). The van der Waals surface area contributed by atoms with Gasteiger partial charge in [0.15, 0.2) is 0 Å². The van der Waals surface area contributed by atoms with Gasteiger partial charge >= 0.3 is 0 Å². The van der Waals surface area contributed by atoms with Crippen molar-refractivity contribution in [1.82, 2.24) is 4.90 Å². The highest BCUT2D eigenvalue weighted by molar-refractivity contribution is 7.98. The summed E-state index contributed by atoms with van der Waals surface area (Å²) in [6, 6.07) is 10.9. The lowest BCUT2D eigenvalue weighted by Gasteiger charge is -2.34. The fourth-order valence-electron chi connectivity index (χ4n) is 3.30. The van der Waals surface area contributed by atoms with E-state index in [4.69, 9.17) is 10.5 Å². The average molecular weight is 402 g/mol. The van der Waals surface area contributed by atoms with Crippen molar-refractivity contribution in [1.29, 1.82) is 0 Å². The Labute approximate surface area is 168 Å². The van der Waals surface area contributed by atoms with Crippen LogP contribution in [0.3, 0.4) is 0 Å². The van der Waals surface area contributed by atoms with Crippen LogP contribution in [0.2, 0.25) is 0 Å². The monoisotopic (exact) mass is 402 g/mol. The van der Waals surface area contributed by atoms with Gasteiger partial charge in [-0.3, -0.25) is 9.59 Å². The molecule has 1 unspecified atom stereocenters. The maximum atomic E-state index is 13.0. The smallest absolute Gasteiger partial charge is 0.254 e. The molecule has 2 aromatic rings. The van der Waals surface area contributed by atoms with Crippen LogP contribution in [0.15, 0.2) is 42.5 Å². The minimum Gasteiger partial charge on any atom is -0.489 e. The Balaban J connectivity index is 1.70. The Morgan fingerprint density at radius 1 is 1.29 bits per heavy atom. The van der Waals surface area contributed by atoms with Crippen molar-refractivity contribution in [3.63, 3.8) is 0 Å². The van der Waals surface area contributed by atoms with E-state index in [9.17, 15) is 14.0 Å². The van der Waals surface area contributed by atoms with Crippen LogP contribution in [0.1, 0.15) is 27.9 Å². The normalized spacial score (nSPS) is 14.5. The average Bonchev–Trinajstić information content (AvgIpc) is 2.69. The molecule has 2 aromatic carbocycles. The Hall–Kier alpha value is -2.54. The molecule has 2 amide bonds. The van der Waals surface area contributed by atoms with Crippen LogP contribution >= 0.6 is 11.8 Å². The summed E-state index contributed by atoms with van der Waals surface area (Å²) >= 11 is 1.62. The number of amides is 2. The predicted molar refractivity (Wildman–Crippen MR) is 108 cm³/mol. The molecule has 0 aromatic heterocycles. The molecule has 1 heterocycles. The van der Waals surface area contributed by atoms with Crippen molar-refractivity contribution in [2.75, 3.05) is 18.6 Å². The summed E-state index contributed by atoms with van der Waals surface area (Å²) in [5.41, 5.74) is 7.87. The third kappa shape index (κ3) is 4.65. The quantitative estimate of drug-likeness (QED) is 0.737. The molecule has 28 heavy (non-hydrogen) atoms. The fraction of sp³-hybridized carbons (Fsp3) is 0.333. The molecular weight excluding hydrogens is 379 g/mol. The van der Waals surface area contributed by atoms with Gasteiger partial charge in [0.05, 0.1) is 0 Å². The second-order valence-corrected chi connectivity index (χ2v) is 7.67. The summed E-state index contributed by atoms with van der Waals surface area (Å²) < 4.78 is 18.7. The first-order chi connectivity index (χ1) is 13.5. The molecule has 1 aliphatic heterocycles. The van der Waals surface area contributed by atoms with E-state index in [-0.39, 0.29) is 11.7 Å². The van der Waals surface area contributed by atoms with Gasteiger partial charge in [-0.1, -0.05) is 12.1 Å². The van der Waals surface area contributed by atoms with E-state index < -0.39 is 11.9 Å². The third-order valence-electron chi connectivity index (χ3n) is 4.81. The van der Waals surface area contributed by atoms with Gasteiger partial charge in [-0.15, -0.1) is 0 Å². The Bertz CT molecular complexity index is 857. The maximum absolute atomic E-state index is 13.0. The summed E-state index contributed by atoms with van der Waals surface area (Å²) in [6.45, 7) is 0.771. The van der Waals surface area contributed by atoms with Crippen LogP contribution in [0.4, 0.5) is 4.39 Å². The van der Waals surface area contributed by atoms with Crippen molar-refractivity contribution in [3.8, 4) is 5.75 Å². The number of carbonyl (C=O) groups is 2. The lowest BCUT2D eigenvalue weighted by Crippen LogP contribution is -2.51. The molecule has 0 spiro atoms. The van der Waals surface area contributed by atoms with Crippen molar-refractivity contribution in [2.45, 2.75) is 25.5 Å². The lowest BCUT2D eigenvalue weighted by atomic mass is 9.96. The molecule has 148 valence electrons. The zero-order chi connectivity index (χ0) is 20.1. The summed E-state index contributed by atoms with van der Waals surface area (Å²) in [6.07, 6.45) is 3.15. The Morgan fingerprint density at radius 3 is 2.71 bits per heavy atom. The number of hydrogen-bond donors (Lipinski definition) is 1. The van der Waals surface area contributed by atoms with E-state index in [2.05, 4.69) is 0 Å². The van der Waals surface area contributed by atoms with Crippen LogP contribution < -0.4 is 10.5 Å². The number of halogens is 1. The summed E-state index contributed by atoms with van der Waals surface area (Å²) in [7, 11) is 0. The highest BCUT2D eigenvalue weighted by Gasteiger charge is 2.32. The number of hydrogen-bond acceptors (Lipinski definition) is 4. The predicted octanol–water partition coefficient (Wildman–Crippen LogP) is 3.01. The van der Waals surface area contributed by atoms with Crippen molar-refractivity contribution in [3.05, 3.63) is 65.0 Å². The van der Waals surface area contributed by atoms with Crippen LogP contribution in [0, 0.1) is 5.82 Å². The number of primary amides is 1. The summed E-state index contributed by atoms with van der Waals surface area (Å²) in [4.78, 5) is 26.3. The molecule has 0 fully saturated rings. The molecule has 2 N–H and O–H groups in total. The molecule has 3 rings (SSSR count). The van der Waals surface area contributed by atoms with E-state index in [0.717, 1.165) is 16.9 Å². The summed E-state index contributed by atoms with van der Waals surface area (Å²) in [5.74, 6) is 0.493. The SMILES string of the molecule is CSCCC(C(N)=O)N1CCc2cc(OCc3ccc(F)cc3)ccc2C1=O. The molecule has 0 bridgehead atoms. The first kappa shape index (κ1) is 20.2. The zero-order valence-corrected chi connectivity index (χ0v) is 16.5. The van der Waals surface area contributed by atoms with E-state index in [1.165, 1.54) is 12.1 Å². The highest BCUT2D eigenvalue weighted by Crippen LogP contribution is 2.26. The molecular formula is C21H23FN2O3S. The number of fused-ring (bicyclic) bond motifs is 1. The van der Waals surface area contributed by atoms with Gasteiger partial charge < -0.3 is 15.4 Å². The molecule has 5 nitrogen and oxygen atoms in total. The van der Waals surface area contributed by atoms with Gasteiger partial charge in [0, 0.05) is 12.1 Å². The Kier molecular flexibility index (Phi) is 6.57. The number of benzene rings is 2. The molecule has 1 aliphatic rings. The van der Waals surface area contributed by atoms with Crippen molar-refractivity contribution < 1.29 is 18.7 Å². The third-order valence-corrected chi connectivity index (χ3v) is 5.45. The first-order valence-corrected chi connectivity index (χ1v) is 10.5. The molecule has 0 saturated heterocycles. The number of carbonyl (C=O) groups excluding carboxylic acids is 2. The van der Waals surface area contributed by atoms with Crippen LogP contribution in [-0.4, -0.2) is 41.3 Å². The highest BCUT2D eigenvalue weighted by atomic mass is 32.2. The van der Waals surface area contributed by atoms with Gasteiger partial charge in [-0.25, -0.2) is 4.39 Å². The van der Waals surface area contributed by atoms with E-state index in [1.54, 1.807) is 40.9 Å². The van der Waals surface area contributed by atoms with Crippen LogP contribution in [0.5, 0.6) is 5.75 Å². The van der Waals surface area contributed by atoms with E-state index in [1.807, 2.05) is 12.3 Å². The van der Waals surface area contributed by atoms with Crippen LogP contribution in [0.25, 0.3) is 0 Å². The van der Waals surface area contributed by atoms with Gasteiger partial charge in [-0.2, -0.15) is 11.8 Å². The minimum atomic E-state index is -0.581. The van der Waals surface area contributed by atoms with E-state index >= 15 is 0 Å². The summed E-state index contributed by atoms with van der Waals surface area (Å²) in [5, 5.41) is 0. The largest absolute Gasteiger partial charge is 0.489 e. The number of nitrogens with zero attached hydrogens (tertiary/aromatic N) is 1. The number of ether oxygens (including phenoxy) is 1. The van der Waals surface area contributed by atoms with Gasteiger partial charge in [0.25, 0.3) is 5.91 Å². The zero-order valence-electron chi connectivity index (χ0n) is 15.7. The second kappa shape index (κ2) is 9.10. The number of rotatable bonds is 8. The lowest BCUT2D eigenvalue weighted by molar-refractivity contribution is -0.122.